The minimum Gasteiger partial charge on any atom is -0.481 e. The van der Waals surface area contributed by atoms with E-state index in [9.17, 15) is 9.59 Å². The molecular formula is C12H11NO4. The van der Waals surface area contributed by atoms with Gasteiger partial charge in [-0.15, -0.1) is 0 Å². The van der Waals surface area contributed by atoms with Crippen molar-refractivity contribution in [2.75, 3.05) is 6.61 Å². The second-order valence-electron chi connectivity index (χ2n) is 3.06. The number of ether oxygens (including phenoxy) is 1. The van der Waals surface area contributed by atoms with E-state index in [-0.39, 0.29) is 13.0 Å². The maximum Gasteiger partial charge on any atom is 0.339 e. The third kappa shape index (κ3) is 4.34. The number of carboxylic acid groups (broad SMARTS) is 1. The smallest absolute Gasteiger partial charge is 0.339 e. The van der Waals surface area contributed by atoms with Crippen LogP contribution in [0, 0.1) is 11.8 Å². The fourth-order valence-corrected chi connectivity index (χ4v) is 1.06. The molecule has 1 aromatic rings. The number of carbonyl (C=O) groups is 2. The van der Waals surface area contributed by atoms with Gasteiger partial charge in [-0.25, -0.2) is 4.79 Å². The van der Waals surface area contributed by atoms with Gasteiger partial charge in [-0.1, -0.05) is 11.8 Å². The fraction of sp³-hybridized carbons (Fsp3) is 0.250. The molecule has 0 fully saturated rings. The molecule has 0 aliphatic carbocycles. The summed E-state index contributed by atoms with van der Waals surface area (Å²) in [6, 6.07) is 1.51. The predicted molar refractivity (Wildman–Crippen MR) is 59.3 cm³/mol. The highest BCUT2D eigenvalue weighted by molar-refractivity contribution is 5.89. The fourth-order valence-electron chi connectivity index (χ4n) is 1.06. The number of pyridine rings is 1. The molecule has 1 N–H and O–H groups in total. The standard InChI is InChI=1S/C12H11NO4/c1-2-17-12(16)10-6-9(7-13-8-10)4-3-5-11(14)15/h6-8H,2,5H2,1H3,(H,14,15). The molecule has 0 spiro atoms. The summed E-state index contributed by atoms with van der Waals surface area (Å²) in [5.74, 6) is 3.61. The largest absolute Gasteiger partial charge is 0.481 e. The lowest BCUT2D eigenvalue weighted by Gasteiger charge is -2.00. The first-order valence-corrected chi connectivity index (χ1v) is 4.96. The van der Waals surface area contributed by atoms with E-state index < -0.39 is 11.9 Å². The molecular weight excluding hydrogens is 222 g/mol. The van der Waals surface area contributed by atoms with Crippen LogP contribution in [-0.2, 0) is 9.53 Å². The summed E-state index contributed by atoms with van der Waals surface area (Å²) in [6.45, 7) is 2.00. The van der Waals surface area contributed by atoms with E-state index in [0.29, 0.717) is 11.1 Å². The first kappa shape index (κ1) is 12.7. The molecule has 0 radical (unpaired) electrons. The van der Waals surface area contributed by atoms with Crippen LogP contribution in [0.2, 0.25) is 0 Å². The Kier molecular flexibility index (Phi) is 4.70. The minimum atomic E-state index is -0.994. The van der Waals surface area contributed by atoms with E-state index in [1.54, 1.807) is 6.92 Å². The van der Waals surface area contributed by atoms with E-state index in [1.165, 1.54) is 18.5 Å². The van der Waals surface area contributed by atoms with E-state index in [4.69, 9.17) is 9.84 Å². The number of aliphatic carboxylic acids is 1. The second kappa shape index (κ2) is 6.28. The Bertz CT molecular complexity index is 485. The Labute approximate surface area is 98.4 Å². The lowest BCUT2D eigenvalue weighted by atomic mass is 10.2. The van der Waals surface area contributed by atoms with Gasteiger partial charge in [0.2, 0.25) is 0 Å². The van der Waals surface area contributed by atoms with Gasteiger partial charge >= 0.3 is 11.9 Å². The SMILES string of the molecule is CCOC(=O)c1cncc(C#CCC(=O)O)c1. The lowest BCUT2D eigenvalue weighted by Crippen LogP contribution is -2.05. The van der Waals surface area contributed by atoms with Gasteiger partial charge in [-0.3, -0.25) is 9.78 Å². The first-order chi connectivity index (χ1) is 8.13. The van der Waals surface area contributed by atoms with Crippen molar-refractivity contribution < 1.29 is 19.4 Å². The molecule has 0 atom stereocenters. The van der Waals surface area contributed by atoms with Gasteiger partial charge in [-0.2, -0.15) is 0 Å². The third-order valence-electron chi connectivity index (χ3n) is 1.72. The van der Waals surface area contributed by atoms with Crippen molar-refractivity contribution >= 4 is 11.9 Å². The maximum atomic E-state index is 11.4. The summed E-state index contributed by atoms with van der Waals surface area (Å²) in [4.78, 5) is 25.5. The molecule has 0 saturated heterocycles. The zero-order valence-corrected chi connectivity index (χ0v) is 9.27. The zero-order valence-electron chi connectivity index (χ0n) is 9.27. The van der Waals surface area contributed by atoms with Crippen LogP contribution in [0.15, 0.2) is 18.5 Å². The van der Waals surface area contributed by atoms with Gasteiger partial charge in [0, 0.05) is 18.0 Å². The Morgan fingerprint density at radius 2 is 2.24 bits per heavy atom. The number of esters is 1. The summed E-state index contributed by atoms with van der Waals surface area (Å²) >= 11 is 0. The van der Waals surface area contributed by atoms with Crippen LogP contribution in [0.1, 0.15) is 29.3 Å². The van der Waals surface area contributed by atoms with Crippen LogP contribution >= 0.6 is 0 Å². The van der Waals surface area contributed by atoms with Crippen molar-refractivity contribution in [3.05, 3.63) is 29.6 Å². The highest BCUT2D eigenvalue weighted by Gasteiger charge is 2.06. The molecule has 0 aliphatic heterocycles. The average molecular weight is 233 g/mol. The monoisotopic (exact) mass is 233 g/mol. The van der Waals surface area contributed by atoms with Gasteiger partial charge in [0.1, 0.15) is 6.42 Å². The Balaban J connectivity index is 2.81. The molecule has 0 bridgehead atoms. The van der Waals surface area contributed by atoms with Gasteiger partial charge in [-0.05, 0) is 13.0 Å². The van der Waals surface area contributed by atoms with Crippen molar-refractivity contribution in [3.8, 4) is 11.8 Å². The summed E-state index contributed by atoms with van der Waals surface area (Å²) < 4.78 is 4.80. The van der Waals surface area contributed by atoms with E-state index in [1.807, 2.05) is 0 Å². The maximum absolute atomic E-state index is 11.4. The Morgan fingerprint density at radius 1 is 1.47 bits per heavy atom. The van der Waals surface area contributed by atoms with Crippen LogP contribution in [-0.4, -0.2) is 28.6 Å². The highest BCUT2D eigenvalue weighted by atomic mass is 16.5. The molecule has 1 aromatic heterocycles. The number of nitrogens with zero attached hydrogens (tertiary/aromatic N) is 1. The van der Waals surface area contributed by atoms with Crippen molar-refractivity contribution in [1.29, 1.82) is 0 Å². The molecule has 17 heavy (non-hydrogen) atoms. The molecule has 5 heteroatoms. The number of carbonyl (C=O) groups excluding carboxylic acids is 1. The zero-order chi connectivity index (χ0) is 12.7. The molecule has 5 nitrogen and oxygen atoms in total. The van der Waals surface area contributed by atoms with E-state index in [0.717, 1.165) is 0 Å². The normalized spacial score (nSPS) is 9.00. The van der Waals surface area contributed by atoms with Crippen molar-refractivity contribution in [1.82, 2.24) is 4.98 Å². The summed E-state index contributed by atoms with van der Waals surface area (Å²) in [5, 5.41) is 8.41. The summed E-state index contributed by atoms with van der Waals surface area (Å²) in [6.07, 6.45) is 2.58. The van der Waals surface area contributed by atoms with Gasteiger partial charge in [0.25, 0.3) is 0 Å². The van der Waals surface area contributed by atoms with Gasteiger partial charge in [0.15, 0.2) is 0 Å². The molecule has 0 aromatic carbocycles. The predicted octanol–water partition coefficient (Wildman–Crippen LogP) is 1.08. The number of carboxylic acids is 1. The number of rotatable bonds is 3. The summed E-state index contributed by atoms with van der Waals surface area (Å²) in [7, 11) is 0. The van der Waals surface area contributed by atoms with Gasteiger partial charge in [0.05, 0.1) is 12.2 Å². The second-order valence-corrected chi connectivity index (χ2v) is 3.06. The van der Waals surface area contributed by atoms with Gasteiger partial charge < -0.3 is 9.84 Å². The molecule has 1 heterocycles. The Morgan fingerprint density at radius 3 is 2.88 bits per heavy atom. The number of hydrogen-bond donors (Lipinski definition) is 1. The van der Waals surface area contributed by atoms with Crippen molar-refractivity contribution in [2.24, 2.45) is 0 Å². The molecule has 0 aliphatic rings. The lowest BCUT2D eigenvalue weighted by molar-refractivity contribution is -0.135. The van der Waals surface area contributed by atoms with E-state index >= 15 is 0 Å². The number of hydrogen-bond acceptors (Lipinski definition) is 4. The van der Waals surface area contributed by atoms with Crippen LogP contribution in [0.4, 0.5) is 0 Å². The quantitative estimate of drug-likeness (QED) is 0.624. The molecule has 1 rings (SSSR count). The van der Waals surface area contributed by atoms with Crippen LogP contribution < -0.4 is 0 Å². The molecule has 0 saturated carbocycles. The van der Waals surface area contributed by atoms with Crippen molar-refractivity contribution in [3.63, 3.8) is 0 Å². The average Bonchev–Trinajstić information content (AvgIpc) is 2.29. The van der Waals surface area contributed by atoms with Crippen LogP contribution in [0.25, 0.3) is 0 Å². The summed E-state index contributed by atoms with van der Waals surface area (Å²) in [5.41, 5.74) is 0.783. The molecule has 0 unspecified atom stereocenters. The topological polar surface area (TPSA) is 76.5 Å². The molecule has 88 valence electrons. The van der Waals surface area contributed by atoms with Crippen LogP contribution in [0.3, 0.4) is 0 Å². The Hall–Kier alpha value is -2.35. The van der Waals surface area contributed by atoms with Crippen LogP contribution in [0.5, 0.6) is 0 Å². The first-order valence-electron chi connectivity index (χ1n) is 4.96. The highest BCUT2D eigenvalue weighted by Crippen LogP contribution is 2.03. The third-order valence-corrected chi connectivity index (χ3v) is 1.72. The van der Waals surface area contributed by atoms with E-state index in [2.05, 4.69) is 16.8 Å². The number of aromatic nitrogens is 1. The minimum absolute atomic E-state index is 0.246. The van der Waals surface area contributed by atoms with Crippen molar-refractivity contribution in [2.45, 2.75) is 13.3 Å². The molecule has 0 amide bonds.